The van der Waals surface area contributed by atoms with Gasteiger partial charge in [-0.15, -0.1) is 0 Å². The second-order valence-corrected chi connectivity index (χ2v) is 4.95. The van der Waals surface area contributed by atoms with E-state index in [1.54, 1.807) is 0 Å². The summed E-state index contributed by atoms with van der Waals surface area (Å²) >= 11 is 0. The van der Waals surface area contributed by atoms with Gasteiger partial charge in [0, 0.05) is 17.6 Å². The minimum Gasteiger partial charge on any atom is -0.379 e. The second-order valence-electron chi connectivity index (χ2n) is 4.95. The zero-order chi connectivity index (χ0) is 13.9. The van der Waals surface area contributed by atoms with Crippen LogP contribution in [0, 0.1) is 6.92 Å². The molecule has 2 aromatic carbocycles. The van der Waals surface area contributed by atoms with Crippen molar-refractivity contribution in [2.75, 3.05) is 5.32 Å². The van der Waals surface area contributed by atoms with Crippen molar-refractivity contribution < 1.29 is 0 Å². The third-order valence-corrected chi connectivity index (χ3v) is 3.63. The summed E-state index contributed by atoms with van der Waals surface area (Å²) in [6.45, 7) is 5.88. The molecule has 3 nitrogen and oxygen atoms in total. The molecule has 0 aliphatic carbocycles. The maximum atomic E-state index is 4.71. The first kappa shape index (κ1) is 12.7. The minimum atomic E-state index is 0.748. The average molecular weight is 265 g/mol. The minimum absolute atomic E-state index is 0.748. The van der Waals surface area contributed by atoms with Gasteiger partial charge in [-0.1, -0.05) is 36.4 Å². The van der Waals surface area contributed by atoms with E-state index in [2.05, 4.69) is 72.4 Å². The van der Waals surface area contributed by atoms with Gasteiger partial charge in [0.25, 0.3) is 0 Å². The number of nitrogens with zero attached hydrogens (tertiary/aromatic N) is 2. The van der Waals surface area contributed by atoms with Crippen LogP contribution >= 0.6 is 0 Å². The van der Waals surface area contributed by atoms with Crippen LogP contribution < -0.4 is 5.32 Å². The van der Waals surface area contributed by atoms with Crippen LogP contribution in [0.15, 0.2) is 48.5 Å². The van der Waals surface area contributed by atoms with Crippen LogP contribution in [0.4, 0.5) is 5.69 Å². The van der Waals surface area contributed by atoms with Crippen molar-refractivity contribution >= 4 is 16.6 Å². The number of fused-ring (bicyclic) bond motifs is 1. The molecule has 0 saturated carbocycles. The lowest BCUT2D eigenvalue weighted by molar-refractivity contribution is 0.671. The summed E-state index contributed by atoms with van der Waals surface area (Å²) in [5.74, 6) is 0. The summed E-state index contributed by atoms with van der Waals surface area (Å²) in [7, 11) is 0. The Kier molecular flexibility index (Phi) is 3.42. The number of nitrogens with one attached hydrogen (secondary N) is 1. The van der Waals surface area contributed by atoms with E-state index in [0.717, 1.165) is 18.8 Å². The zero-order valence-corrected chi connectivity index (χ0v) is 11.9. The average Bonchev–Trinajstić information content (AvgIpc) is 2.85. The highest BCUT2D eigenvalue weighted by Crippen LogP contribution is 2.20. The van der Waals surface area contributed by atoms with Gasteiger partial charge in [0.15, 0.2) is 0 Å². The quantitative estimate of drug-likeness (QED) is 0.773. The number of rotatable bonds is 4. The van der Waals surface area contributed by atoms with Crippen LogP contribution in [-0.2, 0) is 13.1 Å². The number of benzene rings is 2. The van der Waals surface area contributed by atoms with Crippen molar-refractivity contribution in [3.8, 4) is 0 Å². The molecule has 20 heavy (non-hydrogen) atoms. The first-order valence-electron chi connectivity index (χ1n) is 7.03. The Labute approximate surface area is 119 Å². The van der Waals surface area contributed by atoms with Crippen LogP contribution in [-0.4, -0.2) is 9.78 Å². The van der Waals surface area contributed by atoms with E-state index in [1.165, 1.54) is 22.2 Å². The molecular formula is C17H19N3. The summed E-state index contributed by atoms with van der Waals surface area (Å²) in [4.78, 5) is 0. The summed E-state index contributed by atoms with van der Waals surface area (Å²) < 4.78 is 2.06. The Bertz CT molecular complexity index is 728. The first-order chi connectivity index (χ1) is 9.79. The van der Waals surface area contributed by atoms with Crippen LogP contribution in [0.5, 0.6) is 0 Å². The van der Waals surface area contributed by atoms with Crippen LogP contribution in [0.25, 0.3) is 10.9 Å². The molecule has 0 fully saturated rings. The highest BCUT2D eigenvalue weighted by molar-refractivity contribution is 5.82. The predicted molar refractivity (Wildman–Crippen MR) is 83.9 cm³/mol. The van der Waals surface area contributed by atoms with Gasteiger partial charge >= 0.3 is 0 Å². The van der Waals surface area contributed by atoms with Gasteiger partial charge in [-0.05, 0) is 31.5 Å². The lowest BCUT2D eigenvalue weighted by Gasteiger charge is -2.07. The van der Waals surface area contributed by atoms with Gasteiger partial charge in [-0.25, -0.2) is 0 Å². The highest BCUT2D eigenvalue weighted by Gasteiger charge is 2.08. The molecule has 1 aromatic heterocycles. The summed E-state index contributed by atoms with van der Waals surface area (Å²) in [6.07, 6.45) is 0. The van der Waals surface area contributed by atoms with E-state index in [4.69, 9.17) is 5.10 Å². The fraction of sp³-hybridized carbons (Fsp3) is 0.235. The smallest absolute Gasteiger partial charge is 0.0894 e. The molecule has 0 aliphatic rings. The maximum absolute atomic E-state index is 4.71. The van der Waals surface area contributed by atoms with Crippen molar-refractivity contribution in [2.24, 2.45) is 0 Å². The number of hydrogen-bond donors (Lipinski definition) is 1. The summed E-state index contributed by atoms with van der Waals surface area (Å²) in [5, 5.41) is 9.42. The topological polar surface area (TPSA) is 29.9 Å². The number of anilines is 1. The van der Waals surface area contributed by atoms with Gasteiger partial charge in [-0.2, -0.15) is 5.10 Å². The van der Waals surface area contributed by atoms with Crippen LogP contribution in [0.1, 0.15) is 18.2 Å². The molecule has 102 valence electrons. The van der Waals surface area contributed by atoms with Crippen molar-refractivity contribution in [3.05, 3.63) is 59.8 Å². The van der Waals surface area contributed by atoms with Crippen molar-refractivity contribution in [1.29, 1.82) is 0 Å². The molecule has 1 N–H and O–H groups in total. The first-order valence-corrected chi connectivity index (χ1v) is 7.03. The number of aromatic nitrogens is 2. The van der Waals surface area contributed by atoms with Crippen molar-refractivity contribution in [3.63, 3.8) is 0 Å². The standard InChI is InChI=1S/C17H19N3/c1-3-20-17-11-7-5-9-14(17)16(19-20)12-18-15-10-6-4-8-13(15)2/h4-11,18H,3,12H2,1-2H3. The Hall–Kier alpha value is -2.29. The molecule has 0 amide bonds. The molecule has 3 rings (SSSR count). The number of para-hydroxylation sites is 2. The Morgan fingerprint density at radius 3 is 2.60 bits per heavy atom. The normalized spacial score (nSPS) is 10.9. The Morgan fingerprint density at radius 2 is 1.80 bits per heavy atom. The molecular weight excluding hydrogens is 246 g/mol. The lowest BCUT2D eigenvalue weighted by Crippen LogP contribution is -2.03. The second kappa shape index (κ2) is 5.37. The van der Waals surface area contributed by atoms with E-state index >= 15 is 0 Å². The molecule has 0 aliphatic heterocycles. The molecule has 0 unspecified atom stereocenters. The third-order valence-electron chi connectivity index (χ3n) is 3.63. The zero-order valence-electron chi connectivity index (χ0n) is 11.9. The van der Waals surface area contributed by atoms with Gasteiger partial charge in [-0.3, -0.25) is 4.68 Å². The Balaban J connectivity index is 1.90. The molecule has 0 atom stereocenters. The Morgan fingerprint density at radius 1 is 1.05 bits per heavy atom. The van der Waals surface area contributed by atoms with E-state index in [1.807, 2.05) is 0 Å². The maximum Gasteiger partial charge on any atom is 0.0894 e. The molecule has 0 saturated heterocycles. The van der Waals surface area contributed by atoms with Gasteiger partial charge in [0.05, 0.1) is 17.8 Å². The molecule has 3 heteroatoms. The number of aryl methyl sites for hydroxylation is 2. The van der Waals surface area contributed by atoms with Gasteiger partial charge in [0.1, 0.15) is 0 Å². The third kappa shape index (κ3) is 2.27. The summed E-state index contributed by atoms with van der Waals surface area (Å²) in [5.41, 5.74) is 4.73. The monoisotopic (exact) mass is 265 g/mol. The molecule has 0 bridgehead atoms. The van der Waals surface area contributed by atoms with Crippen LogP contribution in [0.3, 0.4) is 0 Å². The number of hydrogen-bond acceptors (Lipinski definition) is 2. The van der Waals surface area contributed by atoms with Crippen LogP contribution in [0.2, 0.25) is 0 Å². The van der Waals surface area contributed by atoms with Crippen molar-refractivity contribution in [2.45, 2.75) is 26.9 Å². The SMILES string of the molecule is CCn1nc(CNc2ccccc2C)c2ccccc21. The largest absolute Gasteiger partial charge is 0.379 e. The predicted octanol–water partition coefficient (Wildman–Crippen LogP) is 3.98. The van der Waals surface area contributed by atoms with Gasteiger partial charge < -0.3 is 5.32 Å². The molecule has 3 aromatic rings. The van der Waals surface area contributed by atoms with E-state index in [-0.39, 0.29) is 0 Å². The fourth-order valence-electron chi connectivity index (χ4n) is 2.52. The van der Waals surface area contributed by atoms with Crippen molar-refractivity contribution in [1.82, 2.24) is 9.78 Å². The lowest BCUT2D eigenvalue weighted by atomic mass is 10.2. The fourth-order valence-corrected chi connectivity index (χ4v) is 2.52. The molecule has 1 heterocycles. The molecule has 0 radical (unpaired) electrons. The van der Waals surface area contributed by atoms with Gasteiger partial charge in [0.2, 0.25) is 0 Å². The van der Waals surface area contributed by atoms with E-state index < -0.39 is 0 Å². The molecule has 0 spiro atoms. The summed E-state index contributed by atoms with van der Waals surface area (Å²) in [6, 6.07) is 16.7. The van der Waals surface area contributed by atoms with E-state index in [0.29, 0.717) is 0 Å². The van der Waals surface area contributed by atoms with E-state index in [9.17, 15) is 0 Å². The highest BCUT2D eigenvalue weighted by atomic mass is 15.3.